The minimum Gasteiger partial charge on any atom is -0.317 e. The molecule has 5 heteroatoms. The third-order valence-electron chi connectivity index (χ3n) is 2.32. The van der Waals surface area contributed by atoms with E-state index in [1.807, 2.05) is 0 Å². The molecule has 0 aromatic rings. The molecule has 0 aliphatic carbocycles. The average molecular weight is 224 g/mol. The monoisotopic (exact) mass is 223 g/mol. The number of hydrogen-bond donors (Lipinski definition) is 1. The van der Waals surface area contributed by atoms with Crippen LogP contribution in [0.5, 0.6) is 0 Å². The zero-order chi connectivity index (χ0) is 9.90. The lowest BCUT2D eigenvalue weighted by atomic mass is 9.95. The smallest absolute Gasteiger partial charge is 0.256 e. The van der Waals surface area contributed by atoms with Gasteiger partial charge in [-0.1, -0.05) is 6.58 Å². The lowest BCUT2D eigenvalue weighted by molar-refractivity contribution is 0.375. The molecule has 3 nitrogen and oxygen atoms in total. The van der Waals surface area contributed by atoms with Crippen LogP contribution in [0.4, 0.5) is 0 Å². The van der Waals surface area contributed by atoms with Crippen LogP contribution in [0.1, 0.15) is 19.3 Å². The third-order valence-corrected chi connectivity index (χ3v) is 3.83. The van der Waals surface area contributed by atoms with E-state index in [4.69, 9.17) is 10.7 Å². The first-order valence-electron chi connectivity index (χ1n) is 4.33. The summed E-state index contributed by atoms with van der Waals surface area (Å²) in [5.41, 5.74) is 0. The quantitative estimate of drug-likeness (QED) is 0.737. The molecular formula is C8H14ClNO2S. The van der Waals surface area contributed by atoms with Crippen molar-refractivity contribution >= 4 is 19.7 Å². The van der Waals surface area contributed by atoms with Crippen molar-refractivity contribution in [1.29, 1.82) is 0 Å². The average Bonchev–Trinajstić information content (AvgIpc) is 2.04. The highest BCUT2D eigenvalue weighted by atomic mass is 35.7. The Morgan fingerprint density at radius 2 is 2.00 bits per heavy atom. The molecule has 1 aliphatic rings. The summed E-state index contributed by atoms with van der Waals surface area (Å²) in [4.78, 5) is 0.154. The van der Waals surface area contributed by atoms with Gasteiger partial charge < -0.3 is 5.32 Å². The second kappa shape index (κ2) is 4.44. The van der Waals surface area contributed by atoms with E-state index >= 15 is 0 Å². The minimum atomic E-state index is -3.54. The fourth-order valence-electron chi connectivity index (χ4n) is 1.51. The summed E-state index contributed by atoms with van der Waals surface area (Å²) in [6, 6.07) is 0. The molecule has 0 amide bonds. The first-order valence-corrected chi connectivity index (χ1v) is 6.64. The first-order chi connectivity index (χ1) is 6.00. The lowest BCUT2D eigenvalue weighted by Crippen LogP contribution is -2.28. The Morgan fingerprint density at radius 1 is 1.46 bits per heavy atom. The van der Waals surface area contributed by atoms with Crippen LogP contribution in [0, 0.1) is 5.92 Å². The maximum absolute atomic E-state index is 10.9. The molecule has 0 aromatic heterocycles. The SMILES string of the molecule is C=C(CC1CCNCC1)S(=O)(=O)Cl. The van der Waals surface area contributed by atoms with Crippen molar-refractivity contribution < 1.29 is 8.42 Å². The van der Waals surface area contributed by atoms with Gasteiger partial charge in [-0.3, -0.25) is 0 Å². The maximum Gasteiger partial charge on any atom is 0.256 e. The molecule has 0 radical (unpaired) electrons. The largest absolute Gasteiger partial charge is 0.317 e. The number of nitrogens with one attached hydrogen (secondary N) is 1. The molecule has 13 heavy (non-hydrogen) atoms. The van der Waals surface area contributed by atoms with Crippen LogP contribution in [0.25, 0.3) is 0 Å². The van der Waals surface area contributed by atoms with Crippen molar-refractivity contribution in [3.8, 4) is 0 Å². The second-order valence-electron chi connectivity index (χ2n) is 3.37. The molecule has 1 rings (SSSR count). The van der Waals surface area contributed by atoms with Gasteiger partial charge in [0.05, 0.1) is 4.91 Å². The molecule has 1 N–H and O–H groups in total. The highest BCUT2D eigenvalue weighted by Crippen LogP contribution is 2.24. The molecule has 1 saturated heterocycles. The predicted molar refractivity (Wildman–Crippen MR) is 54.1 cm³/mol. The van der Waals surface area contributed by atoms with E-state index in [2.05, 4.69) is 11.9 Å². The topological polar surface area (TPSA) is 46.2 Å². The van der Waals surface area contributed by atoms with Gasteiger partial charge in [0.2, 0.25) is 0 Å². The molecule has 0 spiro atoms. The number of allylic oxidation sites excluding steroid dienone is 1. The molecule has 0 aromatic carbocycles. The van der Waals surface area contributed by atoms with E-state index < -0.39 is 9.05 Å². The zero-order valence-electron chi connectivity index (χ0n) is 7.42. The van der Waals surface area contributed by atoms with E-state index in [9.17, 15) is 8.42 Å². The molecule has 1 heterocycles. The Labute approximate surface area is 83.6 Å². The van der Waals surface area contributed by atoms with E-state index in [0.29, 0.717) is 12.3 Å². The normalized spacial score (nSPS) is 20.1. The van der Waals surface area contributed by atoms with Crippen molar-refractivity contribution in [3.63, 3.8) is 0 Å². The number of piperidine rings is 1. The van der Waals surface area contributed by atoms with E-state index in [-0.39, 0.29) is 4.91 Å². The van der Waals surface area contributed by atoms with Crippen molar-refractivity contribution in [1.82, 2.24) is 5.32 Å². The zero-order valence-corrected chi connectivity index (χ0v) is 9.00. The summed E-state index contributed by atoms with van der Waals surface area (Å²) < 4.78 is 21.7. The van der Waals surface area contributed by atoms with E-state index in [1.54, 1.807) is 0 Å². The lowest BCUT2D eigenvalue weighted by Gasteiger charge is -2.22. The molecule has 76 valence electrons. The summed E-state index contributed by atoms with van der Waals surface area (Å²) >= 11 is 0. The fourth-order valence-corrected chi connectivity index (χ4v) is 2.13. The second-order valence-corrected chi connectivity index (χ2v) is 6.05. The van der Waals surface area contributed by atoms with E-state index in [0.717, 1.165) is 25.9 Å². The Hall–Kier alpha value is -0.0600. The molecule has 1 aliphatic heterocycles. The standard InChI is InChI=1S/C8H14ClNO2S/c1-7(13(9,11)12)6-8-2-4-10-5-3-8/h8,10H,1-6H2. The van der Waals surface area contributed by atoms with Gasteiger partial charge in [-0.05, 0) is 38.3 Å². The third kappa shape index (κ3) is 3.67. The molecule has 1 fully saturated rings. The molecule has 0 saturated carbocycles. The van der Waals surface area contributed by atoms with Gasteiger partial charge >= 0.3 is 0 Å². The summed E-state index contributed by atoms with van der Waals surface area (Å²) in [6.07, 6.45) is 2.52. The summed E-state index contributed by atoms with van der Waals surface area (Å²) in [5, 5.41) is 3.21. The van der Waals surface area contributed by atoms with Gasteiger partial charge in [0.15, 0.2) is 0 Å². The highest BCUT2D eigenvalue weighted by Gasteiger charge is 2.19. The predicted octanol–water partition coefficient (Wildman–Crippen LogP) is 1.46. The van der Waals surface area contributed by atoms with Gasteiger partial charge in [-0.15, -0.1) is 0 Å². The van der Waals surface area contributed by atoms with Crippen LogP contribution in [0.2, 0.25) is 0 Å². The van der Waals surface area contributed by atoms with Gasteiger partial charge in [-0.2, -0.15) is 0 Å². The Bertz CT molecular complexity index is 281. The first kappa shape index (κ1) is 11.0. The summed E-state index contributed by atoms with van der Waals surface area (Å²) in [6.45, 7) is 5.40. The minimum absolute atomic E-state index is 0.154. The van der Waals surface area contributed by atoms with Crippen molar-refractivity contribution in [2.45, 2.75) is 19.3 Å². The van der Waals surface area contributed by atoms with Gasteiger partial charge in [0.1, 0.15) is 0 Å². The highest BCUT2D eigenvalue weighted by molar-refractivity contribution is 8.16. The van der Waals surface area contributed by atoms with Gasteiger partial charge in [0, 0.05) is 10.7 Å². The van der Waals surface area contributed by atoms with E-state index in [1.165, 1.54) is 0 Å². The molecule has 0 atom stereocenters. The number of hydrogen-bond acceptors (Lipinski definition) is 3. The van der Waals surface area contributed by atoms with Crippen LogP contribution in [0.3, 0.4) is 0 Å². The Kier molecular flexibility index (Phi) is 3.76. The van der Waals surface area contributed by atoms with Crippen LogP contribution >= 0.6 is 10.7 Å². The molecule has 0 unspecified atom stereocenters. The number of rotatable bonds is 3. The molecular weight excluding hydrogens is 210 g/mol. The van der Waals surface area contributed by atoms with Crippen LogP contribution < -0.4 is 5.32 Å². The van der Waals surface area contributed by atoms with Crippen molar-refractivity contribution in [3.05, 3.63) is 11.5 Å². The van der Waals surface area contributed by atoms with Crippen molar-refractivity contribution in [2.24, 2.45) is 5.92 Å². The molecule has 0 bridgehead atoms. The Balaban J connectivity index is 2.44. The van der Waals surface area contributed by atoms with Crippen LogP contribution in [-0.2, 0) is 9.05 Å². The fraction of sp³-hybridized carbons (Fsp3) is 0.750. The maximum atomic E-state index is 10.9. The van der Waals surface area contributed by atoms with Gasteiger partial charge in [0.25, 0.3) is 9.05 Å². The Morgan fingerprint density at radius 3 is 2.46 bits per heavy atom. The van der Waals surface area contributed by atoms with Crippen LogP contribution in [0.15, 0.2) is 11.5 Å². The summed E-state index contributed by atoms with van der Waals surface area (Å²) in [7, 11) is 1.62. The summed E-state index contributed by atoms with van der Waals surface area (Å²) in [5.74, 6) is 0.419. The number of halogens is 1. The van der Waals surface area contributed by atoms with Crippen LogP contribution in [-0.4, -0.2) is 21.5 Å². The van der Waals surface area contributed by atoms with Crippen molar-refractivity contribution in [2.75, 3.05) is 13.1 Å². The van der Waals surface area contributed by atoms with Gasteiger partial charge in [-0.25, -0.2) is 8.42 Å².